The molecule has 2 aliphatic heterocycles. The number of benzene rings is 1. The van der Waals surface area contributed by atoms with Gasteiger partial charge in [0.1, 0.15) is 0 Å². The van der Waals surface area contributed by atoms with Crippen molar-refractivity contribution in [3.05, 3.63) is 22.7 Å². The van der Waals surface area contributed by atoms with E-state index in [1.165, 1.54) is 0 Å². The van der Waals surface area contributed by atoms with E-state index in [2.05, 4.69) is 16.0 Å². The maximum atomic E-state index is 11.8. The Bertz CT molecular complexity index is 540. The Labute approximate surface area is 109 Å². The molecule has 18 heavy (non-hydrogen) atoms. The summed E-state index contributed by atoms with van der Waals surface area (Å²) in [6, 6.07) is 3.44. The quantitative estimate of drug-likeness (QED) is 0.747. The molecule has 1 fully saturated rings. The van der Waals surface area contributed by atoms with Gasteiger partial charge in [0.05, 0.1) is 23.0 Å². The minimum absolute atomic E-state index is 0.00841. The number of rotatable bonds is 2. The fourth-order valence-corrected chi connectivity index (χ4v) is 2.26. The first kappa shape index (κ1) is 11.5. The molecule has 0 aliphatic carbocycles. The second-order valence-electron chi connectivity index (χ2n) is 4.56. The highest BCUT2D eigenvalue weighted by atomic mass is 35.5. The third-order valence-electron chi connectivity index (χ3n) is 3.23. The minimum Gasteiger partial charge on any atom is -0.325 e. The molecule has 1 aromatic carbocycles. The van der Waals surface area contributed by atoms with Crippen LogP contribution in [0.15, 0.2) is 12.1 Å². The lowest BCUT2D eigenvalue weighted by Crippen LogP contribution is -2.48. The van der Waals surface area contributed by atoms with Crippen molar-refractivity contribution in [3.63, 3.8) is 0 Å². The van der Waals surface area contributed by atoms with E-state index in [0.717, 1.165) is 11.3 Å². The summed E-state index contributed by atoms with van der Waals surface area (Å²) in [5.74, 6) is -0.0744. The molecule has 2 aliphatic rings. The van der Waals surface area contributed by atoms with E-state index < -0.39 is 0 Å². The van der Waals surface area contributed by atoms with Gasteiger partial charge in [-0.25, -0.2) is 0 Å². The topological polar surface area (TPSA) is 70.2 Å². The van der Waals surface area contributed by atoms with Crippen molar-refractivity contribution < 1.29 is 9.59 Å². The Morgan fingerprint density at radius 2 is 2.17 bits per heavy atom. The van der Waals surface area contributed by atoms with Gasteiger partial charge in [0.15, 0.2) is 0 Å². The summed E-state index contributed by atoms with van der Waals surface area (Å²) in [5, 5.41) is 9.01. The zero-order chi connectivity index (χ0) is 12.7. The highest BCUT2D eigenvalue weighted by Gasteiger charge is 2.26. The normalized spacial score (nSPS) is 17.9. The van der Waals surface area contributed by atoms with Gasteiger partial charge in [0.25, 0.3) is 0 Å². The van der Waals surface area contributed by atoms with E-state index in [1.54, 1.807) is 12.1 Å². The summed E-state index contributed by atoms with van der Waals surface area (Å²) in [6.45, 7) is 1.41. The van der Waals surface area contributed by atoms with Crippen molar-refractivity contribution >= 4 is 34.8 Å². The number of hydrogen-bond acceptors (Lipinski definition) is 3. The van der Waals surface area contributed by atoms with E-state index in [9.17, 15) is 9.59 Å². The smallest absolute Gasteiger partial charge is 0.230 e. The summed E-state index contributed by atoms with van der Waals surface area (Å²) in [5.41, 5.74) is 2.17. The molecule has 0 atom stereocenters. The van der Waals surface area contributed by atoms with E-state index in [1.807, 2.05) is 0 Å². The standard InChI is InChI=1S/C12H12ClN3O2/c13-8-3-9-6(2-11(17)15-9)1-10(8)16-12(18)7-4-14-5-7/h1,3,7,14H,2,4-5H2,(H,15,17)(H,16,18). The van der Waals surface area contributed by atoms with Gasteiger partial charge >= 0.3 is 0 Å². The van der Waals surface area contributed by atoms with Crippen LogP contribution < -0.4 is 16.0 Å². The predicted octanol–water partition coefficient (Wildman–Crippen LogP) is 0.992. The molecule has 0 unspecified atom stereocenters. The van der Waals surface area contributed by atoms with Gasteiger partial charge in [-0.3, -0.25) is 9.59 Å². The highest BCUT2D eigenvalue weighted by Crippen LogP contribution is 2.33. The van der Waals surface area contributed by atoms with E-state index in [4.69, 9.17) is 11.6 Å². The largest absolute Gasteiger partial charge is 0.325 e. The molecular formula is C12H12ClN3O2. The summed E-state index contributed by atoms with van der Waals surface area (Å²) in [7, 11) is 0. The van der Waals surface area contributed by atoms with Crippen LogP contribution in [-0.4, -0.2) is 24.9 Å². The number of nitrogens with one attached hydrogen (secondary N) is 3. The molecule has 2 heterocycles. The number of carbonyl (C=O) groups is 2. The number of halogens is 1. The molecule has 1 aromatic rings. The van der Waals surface area contributed by atoms with Crippen molar-refractivity contribution in [2.24, 2.45) is 5.92 Å². The lowest BCUT2D eigenvalue weighted by molar-refractivity contribution is -0.121. The highest BCUT2D eigenvalue weighted by molar-refractivity contribution is 6.34. The van der Waals surface area contributed by atoms with Crippen LogP contribution in [0.5, 0.6) is 0 Å². The molecule has 0 spiro atoms. The fraction of sp³-hybridized carbons (Fsp3) is 0.333. The van der Waals surface area contributed by atoms with Crippen LogP contribution in [0.4, 0.5) is 11.4 Å². The van der Waals surface area contributed by atoms with Crippen molar-refractivity contribution in [2.45, 2.75) is 6.42 Å². The summed E-state index contributed by atoms with van der Waals surface area (Å²) in [4.78, 5) is 23.1. The van der Waals surface area contributed by atoms with E-state index >= 15 is 0 Å². The van der Waals surface area contributed by atoms with Crippen molar-refractivity contribution in [2.75, 3.05) is 23.7 Å². The third-order valence-corrected chi connectivity index (χ3v) is 3.54. The second-order valence-corrected chi connectivity index (χ2v) is 4.97. The Balaban J connectivity index is 1.82. The number of carbonyl (C=O) groups excluding carboxylic acids is 2. The molecule has 3 N–H and O–H groups in total. The Kier molecular flexibility index (Phi) is 2.72. The fourth-order valence-electron chi connectivity index (χ4n) is 2.05. The molecule has 94 valence electrons. The van der Waals surface area contributed by atoms with Crippen LogP contribution in [-0.2, 0) is 16.0 Å². The number of hydrogen-bond donors (Lipinski definition) is 3. The molecule has 0 saturated carbocycles. The van der Waals surface area contributed by atoms with Crippen LogP contribution >= 0.6 is 11.6 Å². The van der Waals surface area contributed by atoms with E-state index in [0.29, 0.717) is 30.2 Å². The van der Waals surface area contributed by atoms with Gasteiger partial charge in [-0.2, -0.15) is 0 Å². The minimum atomic E-state index is -0.0484. The van der Waals surface area contributed by atoms with Gasteiger partial charge in [0.2, 0.25) is 11.8 Å². The van der Waals surface area contributed by atoms with Gasteiger partial charge in [-0.05, 0) is 17.7 Å². The first-order chi connectivity index (χ1) is 8.63. The SMILES string of the molecule is O=C1Cc2cc(NC(=O)C3CNC3)c(Cl)cc2N1. The molecule has 5 nitrogen and oxygen atoms in total. The molecule has 2 amide bonds. The second kappa shape index (κ2) is 4.26. The lowest BCUT2D eigenvalue weighted by atomic mass is 10.0. The molecule has 6 heteroatoms. The molecular weight excluding hydrogens is 254 g/mol. The van der Waals surface area contributed by atoms with Gasteiger partial charge < -0.3 is 16.0 Å². The molecule has 0 radical (unpaired) electrons. The maximum Gasteiger partial charge on any atom is 0.230 e. The van der Waals surface area contributed by atoms with Crippen LogP contribution in [0.25, 0.3) is 0 Å². The van der Waals surface area contributed by atoms with Crippen molar-refractivity contribution in [1.82, 2.24) is 5.32 Å². The van der Waals surface area contributed by atoms with Crippen LogP contribution in [0.3, 0.4) is 0 Å². The average Bonchev–Trinajstić information content (AvgIpc) is 2.55. The van der Waals surface area contributed by atoms with Crippen LogP contribution in [0.1, 0.15) is 5.56 Å². The molecule has 3 rings (SSSR count). The Morgan fingerprint density at radius 3 is 2.83 bits per heavy atom. The average molecular weight is 266 g/mol. The zero-order valence-electron chi connectivity index (χ0n) is 9.55. The summed E-state index contributed by atoms with van der Waals surface area (Å²) in [6.07, 6.45) is 0.334. The monoisotopic (exact) mass is 265 g/mol. The summed E-state index contributed by atoms with van der Waals surface area (Å²) >= 11 is 6.08. The Hall–Kier alpha value is -1.59. The number of anilines is 2. The predicted molar refractivity (Wildman–Crippen MR) is 68.8 cm³/mol. The van der Waals surface area contributed by atoms with E-state index in [-0.39, 0.29) is 17.7 Å². The van der Waals surface area contributed by atoms with Crippen LogP contribution in [0, 0.1) is 5.92 Å². The molecule has 0 bridgehead atoms. The molecule has 0 aromatic heterocycles. The summed E-state index contributed by atoms with van der Waals surface area (Å²) < 4.78 is 0. The molecule has 1 saturated heterocycles. The first-order valence-electron chi connectivity index (χ1n) is 5.77. The van der Waals surface area contributed by atoms with Gasteiger partial charge in [-0.1, -0.05) is 11.6 Å². The number of amides is 2. The van der Waals surface area contributed by atoms with Gasteiger partial charge in [0, 0.05) is 18.8 Å². The third kappa shape index (κ3) is 1.95. The van der Waals surface area contributed by atoms with Crippen LogP contribution in [0.2, 0.25) is 5.02 Å². The Morgan fingerprint density at radius 1 is 1.39 bits per heavy atom. The van der Waals surface area contributed by atoms with Gasteiger partial charge in [-0.15, -0.1) is 0 Å². The number of fused-ring (bicyclic) bond motifs is 1. The van der Waals surface area contributed by atoms with Crippen molar-refractivity contribution in [3.8, 4) is 0 Å². The lowest BCUT2D eigenvalue weighted by Gasteiger charge is -2.26. The zero-order valence-corrected chi connectivity index (χ0v) is 10.3. The maximum absolute atomic E-state index is 11.8. The van der Waals surface area contributed by atoms with Crippen molar-refractivity contribution in [1.29, 1.82) is 0 Å². The first-order valence-corrected chi connectivity index (χ1v) is 6.15.